The van der Waals surface area contributed by atoms with E-state index in [1.54, 1.807) is 31.2 Å². The quantitative estimate of drug-likeness (QED) is 0.310. The van der Waals surface area contributed by atoms with Crippen LogP contribution in [0.15, 0.2) is 91.0 Å². The Hall–Kier alpha value is -2.94. The van der Waals surface area contributed by atoms with E-state index in [1.165, 1.54) is 32.3 Å². The van der Waals surface area contributed by atoms with Crippen molar-refractivity contribution in [1.82, 2.24) is 0 Å². The zero-order chi connectivity index (χ0) is 18.9. The van der Waals surface area contributed by atoms with E-state index >= 15 is 0 Å². The van der Waals surface area contributed by atoms with Crippen molar-refractivity contribution in [1.29, 1.82) is 0 Å². The molecule has 0 unspecified atom stereocenters. The molecule has 0 heterocycles. The largest absolute Gasteiger partial charge is 0.362 e. The third-order valence-corrected chi connectivity index (χ3v) is 5.12. The van der Waals surface area contributed by atoms with Crippen molar-refractivity contribution in [3.05, 3.63) is 96.6 Å². The van der Waals surface area contributed by atoms with Crippen LogP contribution in [-0.2, 0) is 5.79 Å². The molecule has 0 saturated carbocycles. The molecule has 5 aromatic carbocycles. The molecule has 0 aromatic heterocycles. The molecule has 5 aromatic rings. The summed E-state index contributed by atoms with van der Waals surface area (Å²) in [7, 11) is 0. The van der Waals surface area contributed by atoms with Gasteiger partial charge in [-0.15, -0.1) is 0 Å². The van der Waals surface area contributed by atoms with Crippen LogP contribution in [0.25, 0.3) is 32.3 Å². The molecular formula is C25H22O2. The Morgan fingerprint density at radius 3 is 1.33 bits per heavy atom. The first kappa shape index (κ1) is 17.5. The summed E-state index contributed by atoms with van der Waals surface area (Å²) in [6, 6.07) is 30.7. The van der Waals surface area contributed by atoms with Gasteiger partial charge in [-0.2, -0.15) is 0 Å². The van der Waals surface area contributed by atoms with Crippen molar-refractivity contribution in [3.63, 3.8) is 0 Å². The van der Waals surface area contributed by atoms with Gasteiger partial charge in [-0.3, -0.25) is 0 Å². The molecule has 27 heavy (non-hydrogen) atoms. The van der Waals surface area contributed by atoms with Crippen LogP contribution >= 0.6 is 0 Å². The fourth-order valence-electron chi connectivity index (χ4n) is 3.58. The maximum atomic E-state index is 9.35. The van der Waals surface area contributed by atoms with Crippen LogP contribution in [0.3, 0.4) is 0 Å². The molecular weight excluding hydrogens is 332 g/mol. The van der Waals surface area contributed by atoms with Crippen LogP contribution in [0.2, 0.25) is 0 Å². The third kappa shape index (κ3) is 3.25. The molecule has 5 rings (SSSR count). The summed E-state index contributed by atoms with van der Waals surface area (Å²) in [5, 5.41) is 26.8. The van der Waals surface area contributed by atoms with Crippen LogP contribution in [0.5, 0.6) is 0 Å². The molecule has 2 nitrogen and oxygen atoms in total. The summed E-state index contributed by atoms with van der Waals surface area (Å²) >= 11 is 0. The monoisotopic (exact) mass is 354 g/mol. The summed E-state index contributed by atoms with van der Waals surface area (Å²) in [5.41, 5.74) is 0.544. The molecule has 2 heteroatoms. The number of benzene rings is 5. The summed E-state index contributed by atoms with van der Waals surface area (Å²) in [6.45, 7) is 1.73. The van der Waals surface area contributed by atoms with Gasteiger partial charge < -0.3 is 10.2 Å². The first-order chi connectivity index (χ1) is 13.1. The summed E-state index contributed by atoms with van der Waals surface area (Å²) < 4.78 is 0. The van der Waals surface area contributed by atoms with Crippen LogP contribution < -0.4 is 0 Å². The summed E-state index contributed by atoms with van der Waals surface area (Å²) in [5.74, 6) is -1.67. The van der Waals surface area contributed by atoms with E-state index in [0.717, 1.165) is 0 Å². The average Bonchev–Trinajstić information content (AvgIpc) is 2.73. The van der Waals surface area contributed by atoms with E-state index in [9.17, 15) is 10.2 Å². The Morgan fingerprint density at radius 1 is 0.556 bits per heavy atom. The number of rotatable bonds is 2. The maximum absolute atomic E-state index is 9.35. The average molecular weight is 354 g/mol. The molecule has 0 radical (unpaired) electrons. The van der Waals surface area contributed by atoms with Crippen LogP contribution in [0.1, 0.15) is 18.9 Å². The lowest BCUT2D eigenvalue weighted by molar-refractivity contribution is -0.171. The van der Waals surface area contributed by atoms with Crippen molar-refractivity contribution in [2.24, 2.45) is 0 Å². The minimum Gasteiger partial charge on any atom is -0.362 e. The van der Waals surface area contributed by atoms with E-state index in [4.69, 9.17) is 0 Å². The second-order valence-corrected chi connectivity index (χ2v) is 6.83. The molecule has 2 N–H and O–H groups in total. The predicted molar refractivity (Wildman–Crippen MR) is 113 cm³/mol. The smallest absolute Gasteiger partial charge is 0.189 e. The van der Waals surface area contributed by atoms with Crippen molar-refractivity contribution < 1.29 is 10.2 Å². The molecule has 0 aliphatic rings. The molecule has 0 bridgehead atoms. The minimum atomic E-state index is -1.67. The summed E-state index contributed by atoms with van der Waals surface area (Å²) in [6.07, 6.45) is 0.303. The molecule has 134 valence electrons. The molecule has 0 aliphatic carbocycles. The zero-order valence-corrected chi connectivity index (χ0v) is 15.3. The highest BCUT2D eigenvalue weighted by Crippen LogP contribution is 2.33. The van der Waals surface area contributed by atoms with Gasteiger partial charge in [-0.25, -0.2) is 0 Å². The van der Waals surface area contributed by atoms with Gasteiger partial charge in [-0.1, -0.05) is 97.9 Å². The van der Waals surface area contributed by atoms with Crippen molar-refractivity contribution >= 4 is 32.3 Å². The van der Waals surface area contributed by atoms with Crippen molar-refractivity contribution in [2.45, 2.75) is 19.1 Å². The summed E-state index contributed by atoms with van der Waals surface area (Å²) in [4.78, 5) is 0. The van der Waals surface area contributed by atoms with Crippen molar-refractivity contribution in [3.8, 4) is 0 Å². The van der Waals surface area contributed by atoms with E-state index in [-0.39, 0.29) is 0 Å². The van der Waals surface area contributed by atoms with Gasteiger partial charge in [0.25, 0.3) is 0 Å². The van der Waals surface area contributed by atoms with Crippen LogP contribution in [-0.4, -0.2) is 10.2 Å². The van der Waals surface area contributed by atoms with E-state index < -0.39 is 5.79 Å². The Labute approximate surface area is 158 Å². The van der Waals surface area contributed by atoms with Gasteiger partial charge in [0.2, 0.25) is 0 Å². The second kappa shape index (κ2) is 6.99. The Kier molecular flexibility index (Phi) is 4.53. The van der Waals surface area contributed by atoms with Crippen molar-refractivity contribution in [2.75, 3.05) is 0 Å². The van der Waals surface area contributed by atoms with Gasteiger partial charge in [0.15, 0.2) is 5.79 Å². The predicted octanol–water partition coefficient (Wildman–Crippen LogP) is 5.82. The normalized spacial score (nSPS) is 11.7. The highest BCUT2D eigenvalue weighted by molar-refractivity contribution is 6.22. The maximum Gasteiger partial charge on any atom is 0.189 e. The van der Waals surface area contributed by atoms with Crippen LogP contribution in [0.4, 0.5) is 0 Å². The lowest BCUT2D eigenvalue weighted by Crippen LogP contribution is -2.23. The van der Waals surface area contributed by atoms with Gasteiger partial charge in [0, 0.05) is 12.0 Å². The molecule has 0 amide bonds. The second-order valence-electron chi connectivity index (χ2n) is 6.83. The number of aliphatic hydroxyl groups is 2. The molecule has 0 atom stereocenters. The third-order valence-electron chi connectivity index (χ3n) is 5.12. The lowest BCUT2D eigenvalue weighted by Gasteiger charge is -2.19. The molecule has 0 fully saturated rings. The van der Waals surface area contributed by atoms with Crippen LogP contribution in [0, 0.1) is 0 Å². The first-order valence-corrected chi connectivity index (χ1v) is 9.23. The number of hydrogen-bond donors (Lipinski definition) is 2. The van der Waals surface area contributed by atoms with Gasteiger partial charge >= 0.3 is 0 Å². The van der Waals surface area contributed by atoms with E-state index in [0.29, 0.717) is 12.0 Å². The van der Waals surface area contributed by atoms with E-state index in [2.05, 4.69) is 60.7 Å². The zero-order valence-electron chi connectivity index (χ0n) is 15.3. The first-order valence-electron chi connectivity index (χ1n) is 9.23. The van der Waals surface area contributed by atoms with E-state index in [1.807, 2.05) is 6.07 Å². The Balaban J connectivity index is 0.000000145. The SMILES string of the molecule is CCC(O)(O)c1ccccc1.c1cc2ccc3cccc4ccc(c1)c2c34. The standard InChI is InChI=1S/C16H10.C9H12O2/c1-3-11-7-9-13-5-2-6-14-10-8-12(4-1)15(11)16(13)14;1-2-9(10,11)8-6-4-3-5-7-8/h1-10H;3-7,10-11H,2H2,1H3. The highest BCUT2D eigenvalue weighted by atomic mass is 16.5. The van der Waals surface area contributed by atoms with Gasteiger partial charge in [-0.05, 0) is 32.3 Å². The highest BCUT2D eigenvalue weighted by Gasteiger charge is 2.21. The van der Waals surface area contributed by atoms with Gasteiger partial charge in [0.05, 0.1) is 0 Å². The number of hydrogen-bond acceptors (Lipinski definition) is 2. The fourth-order valence-corrected chi connectivity index (χ4v) is 3.58. The Bertz CT molecular complexity index is 1050. The fraction of sp³-hybridized carbons (Fsp3) is 0.120. The lowest BCUT2D eigenvalue weighted by atomic mass is 9.95. The minimum absolute atomic E-state index is 0.303. The Morgan fingerprint density at radius 2 is 0.963 bits per heavy atom. The van der Waals surface area contributed by atoms with Gasteiger partial charge in [0.1, 0.15) is 0 Å². The molecule has 0 aliphatic heterocycles. The molecule has 0 spiro atoms. The topological polar surface area (TPSA) is 40.5 Å². The molecule has 0 saturated heterocycles.